The van der Waals surface area contributed by atoms with E-state index in [9.17, 15) is 9.59 Å². The molecule has 1 fully saturated rings. The predicted octanol–water partition coefficient (Wildman–Crippen LogP) is 0.0867. The van der Waals surface area contributed by atoms with Gasteiger partial charge in [0.2, 0.25) is 0 Å². The fraction of sp³-hybridized carbons (Fsp3) is 0.478. The van der Waals surface area contributed by atoms with Gasteiger partial charge >= 0.3 is 31.1 Å². The molecule has 7 heteroatoms. The molecule has 1 amide bonds. The van der Waals surface area contributed by atoms with E-state index in [1.165, 1.54) is 0 Å². The number of allylic oxidation sites excluding steroid dienone is 2. The first kappa shape index (κ1) is 27.9. The van der Waals surface area contributed by atoms with Crippen molar-refractivity contribution < 1.29 is 35.9 Å². The summed E-state index contributed by atoms with van der Waals surface area (Å²) < 4.78 is 0. The minimum atomic E-state index is -0.292. The summed E-state index contributed by atoms with van der Waals surface area (Å²) in [5.74, 6) is -0.818. The summed E-state index contributed by atoms with van der Waals surface area (Å²) >= 11 is 0.590. The van der Waals surface area contributed by atoms with Crippen LogP contribution in [0.1, 0.15) is 44.2 Å². The van der Waals surface area contributed by atoms with Crippen molar-refractivity contribution in [1.29, 1.82) is 5.26 Å². The van der Waals surface area contributed by atoms with E-state index in [4.69, 9.17) is 10.4 Å². The Bertz CT molecular complexity index is 769. The zero-order chi connectivity index (χ0) is 22.9. The van der Waals surface area contributed by atoms with Gasteiger partial charge in [0.1, 0.15) is 0 Å². The molecule has 0 aliphatic heterocycles. The summed E-state index contributed by atoms with van der Waals surface area (Å²) in [6.45, 7) is 3.65. The Morgan fingerprint density at radius 2 is 2.00 bits per heavy atom. The number of ketones is 1. The quantitative estimate of drug-likeness (QED) is 0.311. The van der Waals surface area contributed by atoms with Crippen LogP contribution in [0, 0.1) is 23.2 Å². The van der Waals surface area contributed by atoms with Crippen molar-refractivity contribution in [1.82, 2.24) is 10.3 Å². The van der Waals surface area contributed by atoms with Gasteiger partial charge in [-0.15, -0.1) is 0 Å². The molecule has 0 spiro atoms. The van der Waals surface area contributed by atoms with Gasteiger partial charge in [0.05, 0.1) is 18.5 Å². The third kappa shape index (κ3) is 8.76. The molecule has 0 aromatic carbocycles. The van der Waals surface area contributed by atoms with Crippen LogP contribution in [0.25, 0.3) is 11.6 Å². The Kier molecular flexibility index (Phi) is 15.6. The number of alkyl halides is 2. The molecule has 1 aliphatic carbocycles. The van der Waals surface area contributed by atoms with Crippen LogP contribution in [-0.2, 0) is 9.59 Å². The second-order valence-electron chi connectivity index (χ2n) is 6.47. The Morgan fingerprint density at radius 3 is 2.57 bits per heavy atom. The van der Waals surface area contributed by atoms with Crippen LogP contribution >= 0.6 is 0 Å². The van der Waals surface area contributed by atoms with Crippen LogP contribution in [0.5, 0.6) is 0 Å². The first-order valence-electron chi connectivity index (χ1n) is 9.76. The number of hydrogen-bond donors (Lipinski definition) is 2. The molecule has 166 valence electrons. The summed E-state index contributed by atoms with van der Waals surface area (Å²) in [6.07, 6.45) is 11.2. The first-order chi connectivity index (χ1) is 14.5. The van der Waals surface area contributed by atoms with Crippen molar-refractivity contribution in [2.24, 2.45) is 11.8 Å². The van der Waals surface area contributed by atoms with Gasteiger partial charge in [-0.1, -0.05) is 24.6 Å². The number of pyridine rings is 1. The van der Waals surface area contributed by atoms with Crippen molar-refractivity contribution in [3.63, 3.8) is 0 Å². The number of nitriles is 1. The first-order valence-corrected chi connectivity index (χ1v) is 14.1. The number of carbonyl (C=O) groups excluding carboxylic acids is 2. The molecular formula is C23H33IN3O3-. The fourth-order valence-corrected chi connectivity index (χ4v) is 3.27. The molecule has 0 radical (unpaired) electrons. The number of aromatic nitrogens is 1. The van der Waals surface area contributed by atoms with E-state index in [-0.39, 0.29) is 30.1 Å². The predicted molar refractivity (Wildman–Crippen MR) is 117 cm³/mol. The van der Waals surface area contributed by atoms with Gasteiger partial charge in [0.25, 0.3) is 5.91 Å². The molecule has 2 atom stereocenters. The zero-order valence-corrected chi connectivity index (χ0v) is 20.6. The maximum atomic E-state index is 12.6. The van der Waals surface area contributed by atoms with Crippen LogP contribution < -0.4 is 26.5 Å². The summed E-state index contributed by atoms with van der Waals surface area (Å²) in [7, 11) is 1.00. The number of aliphatic hydroxyl groups is 1. The van der Waals surface area contributed by atoms with Gasteiger partial charge in [-0.2, -0.15) is 5.26 Å². The molecule has 0 saturated heterocycles. The van der Waals surface area contributed by atoms with Crippen molar-refractivity contribution in [3.8, 4) is 6.07 Å². The van der Waals surface area contributed by atoms with Crippen molar-refractivity contribution >= 4 is 23.3 Å². The summed E-state index contributed by atoms with van der Waals surface area (Å²) in [5.41, 5.74) is 2.13. The third-order valence-corrected chi connectivity index (χ3v) is 4.54. The Balaban J connectivity index is 0.00000154. The van der Waals surface area contributed by atoms with E-state index in [1.54, 1.807) is 31.5 Å². The number of Topliss-reactive ketones (excluding diaryl/α,β-unsaturated/α-hetero) is 1. The molecule has 1 heterocycles. The van der Waals surface area contributed by atoms with Crippen molar-refractivity contribution in [2.45, 2.75) is 33.1 Å². The van der Waals surface area contributed by atoms with E-state index in [2.05, 4.69) is 26.2 Å². The van der Waals surface area contributed by atoms with Gasteiger partial charge in [0, 0.05) is 36.6 Å². The SMILES string of the molecule is C/C=C\c1cnccc1/C(=C\C)C(=O)NCC(=O)C1CCCC1C#N.CO.C[I-]C. The molecule has 2 N–H and O–H groups in total. The Morgan fingerprint density at radius 1 is 1.33 bits per heavy atom. The number of rotatable bonds is 6. The number of halogens is 1. The maximum absolute atomic E-state index is 12.6. The van der Waals surface area contributed by atoms with E-state index in [0.29, 0.717) is 26.8 Å². The van der Waals surface area contributed by atoms with Crippen LogP contribution in [0.15, 0.2) is 30.6 Å². The summed E-state index contributed by atoms with van der Waals surface area (Å²) in [4.78, 5) is 33.4. The number of aliphatic hydroxyl groups excluding tert-OH is 1. The average Bonchev–Trinajstić information content (AvgIpc) is 3.25. The monoisotopic (exact) mass is 526 g/mol. The van der Waals surface area contributed by atoms with E-state index in [0.717, 1.165) is 37.5 Å². The number of nitrogens with zero attached hydrogens (tertiary/aromatic N) is 2. The van der Waals surface area contributed by atoms with Crippen LogP contribution in [0.3, 0.4) is 0 Å². The van der Waals surface area contributed by atoms with Gasteiger partial charge in [-0.3, -0.25) is 14.6 Å². The average molecular weight is 526 g/mol. The Labute approximate surface area is 190 Å². The number of nitrogens with one attached hydrogen (secondary N) is 1. The number of amides is 1. The standard InChI is InChI=1S/C20H23N3O2.C2H6I.CH4O/c1-3-6-15-12-22-10-9-17(15)16(4-2)20(25)23-13-19(24)18-8-5-7-14(18)11-21;1-3-2;1-2/h3-4,6,9-10,12,14,18H,5,7-8,13H2,1-2H3,(H,23,25);1-2H3;2H,1H3/q;-1;/b6-3-,16-4+;;. The Hall–Kier alpha value is -2.05. The second kappa shape index (κ2) is 16.7. The molecule has 1 aliphatic rings. The van der Waals surface area contributed by atoms with Crippen molar-refractivity contribution in [3.05, 3.63) is 41.7 Å². The molecule has 2 rings (SSSR count). The van der Waals surface area contributed by atoms with E-state index < -0.39 is 0 Å². The fourth-order valence-electron chi connectivity index (χ4n) is 3.27. The van der Waals surface area contributed by atoms with E-state index >= 15 is 0 Å². The van der Waals surface area contributed by atoms with Gasteiger partial charge in [0.15, 0.2) is 5.78 Å². The topological polar surface area (TPSA) is 103 Å². The summed E-state index contributed by atoms with van der Waals surface area (Å²) in [5, 5.41) is 18.8. The van der Waals surface area contributed by atoms with Gasteiger partial charge < -0.3 is 10.4 Å². The van der Waals surface area contributed by atoms with Crippen LogP contribution in [0.2, 0.25) is 0 Å². The molecule has 0 bridgehead atoms. The molecule has 2 unspecified atom stereocenters. The van der Waals surface area contributed by atoms with Crippen molar-refractivity contribution in [2.75, 3.05) is 23.5 Å². The third-order valence-electron chi connectivity index (χ3n) is 4.54. The molecule has 1 aromatic heterocycles. The molecular weight excluding hydrogens is 493 g/mol. The van der Waals surface area contributed by atoms with Crippen LogP contribution in [0.4, 0.5) is 0 Å². The van der Waals surface area contributed by atoms with Crippen LogP contribution in [-0.4, -0.2) is 45.3 Å². The molecule has 6 nitrogen and oxygen atoms in total. The second-order valence-corrected chi connectivity index (χ2v) is 8.62. The zero-order valence-electron chi connectivity index (χ0n) is 18.5. The normalized spacial score (nSPS) is 18.0. The number of carbonyl (C=O) groups is 2. The van der Waals surface area contributed by atoms with E-state index in [1.807, 2.05) is 19.1 Å². The molecule has 30 heavy (non-hydrogen) atoms. The van der Waals surface area contributed by atoms with Gasteiger partial charge in [-0.05, 0) is 38.3 Å². The molecule has 1 aromatic rings. The summed E-state index contributed by atoms with van der Waals surface area (Å²) in [6, 6.07) is 3.99. The minimum absolute atomic E-state index is 0.0386. The van der Waals surface area contributed by atoms with Gasteiger partial charge in [-0.25, -0.2) is 0 Å². The number of hydrogen-bond acceptors (Lipinski definition) is 5. The molecule has 1 saturated carbocycles.